The van der Waals surface area contributed by atoms with E-state index in [2.05, 4.69) is 10.0 Å². The van der Waals surface area contributed by atoms with Gasteiger partial charge in [0.15, 0.2) is 5.76 Å². The number of nitrogens with one attached hydrogen (secondary N) is 2. The highest BCUT2D eigenvalue weighted by atomic mass is 35.5. The first-order valence-electron chi connectivity index (χ1n) is 7.28. The molecule has 2 N–H and O–H groups in total. The Morgan fingerprint density at radius 3 is 2.38 bits per heavy atom. The Labute approximate surface area is 159 Å². The first-order valence-corrected chi connectivity index (χ1v) is 9.52. The maximum Gasteiger partial charge on any atom is 0.291 e. The number of benzene rings is 2. The molecular weight excluding hydrogens is 399 g/mol. The standard InChI is InChI=1S/C17H12Cl2N2O4S/c18-11-3-5-12(6-4-11)21-26(23,24)13-7-8-14(19)15(10-13)20-17(22)16-2-1-9-25-16/h1-10,21H,(H,20,22). The van der Waals surface area contributed by atoms with Crippen LogP contribution in [-0.4, -0.2) is 14.3 Å². The van der Waals surface area contributed by atoms with Gasteiger partial charge in [0.2, 0.25) is 0 Å². The van der Waals surface area contributed by atoms with Gasteiger partial charge in [-0.15, -0.1) is 0 Å². The van der Waals surface area contributed by atoms with E-state index in [0.717, 1.165) is 0 Å². The summed E-state index contributed by atoms with van der Waals surface area (Å²) in [5.74, 6) is -0.467. The van der Waals surface area contributed by atoms with Crippen LogP contribution in [0.5, 0.6) is 0 Å². The highest BCUT2D eigenvalue weighted by Gasteiger charge is 2.18. The van der Waals surface area contributed by atoms with Crippen LogP contribution in [0.4, 0.5) is 11.4 Å². The molecule has 1 aromatic heterocycles. The summed E-state index contributed by atoms with van der Waals surface area (Å²) in [6, 6.07) is 13.2. The second-order valence-corrected chi connectivity index (χ2v) is 7.71. The van der Waals surface area contributed by atoms with E-state index in [-0.39, 0.29) is 21.4 Å². The molecule has 6 nitrogen and oxygen atoms in total. The molecule has 1 heterocycles. The predicted octanol–water partition coefficient (Wildman–Crippen LogP) is 4.64. The monoisotopic (exact) mass is 410 g/mol. The molecule has 134 valence electrons. The summed E-state index contributed by atoms with van der Waals surface area (Å²) < 4.78 is 32.5. The van der Waals surface area contributed by atoms with Crippen LogP contribution in [-0.2, 0) is 10.0 Å². The molecule has 2 aromatic carbocycles. The van der Waals surface area contributed by atoms with E-state index in [1.807, 2.05) is 0 Å². The number of furan rings is 1. The lowest BCUT2D eigenvalue weighted by Gasteiger charge is -2.11. The Morgan fingerprint density at radius 1 is 1.00 bits per heavy atom. The summed E-state index contributed by atoms with van der Waals surface area (Å²) in [5.41, 5.74) is 0.498. The smallest absolute Gasteiger partial charge is 0.291 e. The fourth-order valence-corrected chi connectivity index (χ4v) is 3.47. The first kappa shape index (κ1) is 18.3. The molecule has 0 fully saturated rings. The fraction of sp³-hybridized carbons (Fsp3) is 0. The summed E-state index contributed by atoms with van der Waals surface area (Å²) >= 11 is 11.8. The van der Waals surface area contributed by atoms with E-state index in [0.29, 0.717) is 10.7 Å². The summed E-state index contributed by atoms with van der Waals surface area (Å²) in [4.78, 5) is 12.0. The van der Waals surface area contributed by atoms with Gasteiger partial charge >= 0.3 is 0 Å². The molecule has 26 heavy (non-hydrogen) atoms. The highest BCUT2D eigenvalue weighted by molar-refractivity contribution is 7.92. The van der Waals surface area contributed by atoms with Gasteiger partial charge in [0.25, 0.3) is 15.9 Å². The molecule has 0 saturated carbocycles. The van der Waals surface area contributed by atoms with E-state index in [9.17, 15) is 13.2 Å². The van der Waals surface area contributed by atoms with Crippen molar-refractivity contribution in [3.63, 3.8) is 0 Å². The molecule has 0 atom stereocenters. The average molecular weight is 411 g/mol. The van der Waals surface area contributed by atoms with Crippen molar-refractivity contribution in [1.82, 2.24) is 0 Å². The summed E-state index contributed by atoms with van der Waals surface area (Å²) in [5, 5.41) is 3.20. The molecule has 0 aliphatic rings. The van der Waals surface area contributed by atoms with Crippen LogP contribution in [0.2, 0.25) is 10.0 Å². The number of halogens is 2. The largest absolute Gasteiger partial charge is 0.459 e. The second kappa shape index (κ2) is 7.41. The summed E-state index contributed by atoms with van der Waals surface area (Å²) in [6.45, 7) is 0. The molecule has 0 unspecified atom stereocenters. The Morgan fingerprint density at radius 2 is 1.73 bits per heavy atom. The third-order valence-electron chi connectivity index (χ3n) is 3.34. The van der Waals surface area contributed by atoms with Gasteiger partial charge in [0.05, 0.1) is 21.9 Å². The number of sulfonamides is 1. The highest BCUT2D eigenvalue weighted by Crippen LogP contribution is 2.27. The van der Waals surface area contributed by atoms with E-state index in [1.165, 1.54) is 42.7 Å². The third-order valence-corrected chi connectivity index (χ3v) is 5.30. The SMILES string of the molecule is O=C(Nc1cc(S(=O)(=O)Nc2ccc(Cl)cc2)ccc1Cl)c1ccco1. The van der Waals surface area contributed by atoms with Gasteiger partial charge in [-0.25, -0.2) is 8.42 Å². The van der Waals surface area contributed by atoms with Crippen LogP contribution in [0.3, 0.4) is 0 Å². The number of hydrogen-bond donors (Lipinski definition) is 2. The minimum absolute atomic E-state index is 0.0633. The number of hydrogen-bond acceptors (Lipinski definition) is 4. The van der Waals surface area contributed by atoms with Crippen LogP contribution >= 0.6 is 23.2 Å². The lowest BCUT2D eigenvalue weighted by atomic mass is 10.3. The van der Waals surface area contributed by atoms with Crippen molar-refractivity contribution in [2.45, 2.75) is 4.90 Å². The maximum atomic E-state index is 12.5. The van der Waals surface area contributed by atoms with Crippen molar-refractivity contribution >= 4 is 50.5 Å². The van der Waals surface area contributed by atoms with Gasteiger partial charge in [-0.2, -0.15) is 0 Å². The van der Waals surface area contributed by atoms with Crippen molar-refractivity contribution in [3.8, 4) is 0 Å². The number of anilines is 2. The van der Waals surface area contributed by atoms with Gasteiger partial charge in [-0.05, 0) is 54.6 Å². The molecule has 0 spiro atoms. The van der Waals surface area contributed by atoms with Crippen LogP contribution < -0.4 is 10.0 Å². The minimum Gasteiger partial charge on any atom is -0.459 e. The van der Waals surface area contributed by atoms with Crippen LogP contribution in [0.25, 0.3) is 0 Å². The molecule has 0 aliphatic heterocycles. The van der Waals surface area contributed by atoms with Crippen molar-refractivity contribution in [1.29, 1.82) is 0 Å². The Balaban J connectivity index is 1.86. The van der Waals surface area contributed by atoms with Crippen LogP contribution in [0.1, 0.15) is 10.6 Å². The summed E-state index contributed by atoms with van der Waals surface area (Å²) in [6.07, 6.45) is 1.35. The average Bonchev–Trinajstić information content (AvgIpc) is 3.13. The predicted molar refractivity (Wildman–Crippen MR) is 100 cm³/mol. The zero-order valence-electron chi connectivity index (χ0n) is 13.1. The van der Waals surface area contributed by atoms with Crippen molar-refractivity contribution in [2.24, 2.45) is 0 Å². The number of amides is 1. The lowest BCUT2D eigenvalue weighted by Crippen LogP contribution is -2.15. The normalized spacial score (nSPS) is 11.2. The van der Waals surface area contributed by atoms with Crippen molar-refractivity contribution in [2.75, 3.05) is 10.0 Å². The molecule has 0 saturated heterocycles. The van der Waals surface area contributed by atoms with E-state index in [1.54, 1.807) is 18.2 Å². The topological polar surface area (TPSA) is 88.4 Å². The van der Waals surface area contributed by atoms with Gasteiger partial charge in [-0.3, -0.25) is 9.52 Å². The molecule has 3 rings (SSSR count). The number of rotatable bonds is 5. The molecule has 0 radical (unpaired) electrons. The van der Waals surface area contributed by atoms with E-state index in [4.69, 9.17) is 27.6 Å². The van der Waals surface area contributed by atoms with Gasteiger partial charge in [0, 0.05) is 10.7 Å². The van der Waals surface area contributed by atoms with Gasteiger partial charge < -0.3 is 9.73 Å². The summed E-state index contributed by atoms with van der Waals surface area (Å²) in [7, 11) is -3.88. The third kappa shape index (κ3) is 4.19. The second-order valence-electron chi connectivity index (χ2n) is 5.19. The van der Waals surface area contributed by atoms with Crippen molar-refractivity contribution in [3.05, 3.63) is 76.7 Å². The maximum absolute atomic E-state index is 12.5. The fourth-order valence-electron chi connectivity index (χ4n) is 2.09. The Kier molecular flexibility index (Phi) is 5.22. The minimum atomic E-state index is -3.88. The molecule has 0 bridgehead atoms. The van der Waals surface area contributed by atoms with Crippen LogP contribution in [0, 0.1) is 0 Å². The number of carbonyl (C=O) groups is 1. The zero-order valence-corrected chi connectivity index (χ0v) is 15.4. The number of carbonyl (C=O) groups excluding carboxylic acids is 1. The lowest BCUT2D eigenvalue weighted by molar-refractivity contribution is 0.0996. The quantitative estimate of drug-likeness (QED) is 0.640. The Hall–Kier alpha value is -2.48. The molecule has 1 amide bonds. The van der Waals surface area contributed by atoms with E-state index < -0.39 is 15.9 Å². The Bertz CT molecular complexity index is 1030. The van der Waals surface area contributed by atoms with Crippen LogP contribution in [0.15, 0.2) is 70.2 Å². The molecule has 9 heteroatoms. The zero-order chi connectivity index (χ0) is 18.7. The van der Waals surface area contributed by atoms with Gasteiger partial charge in [0.1, 0.15) is 0 Å². The first-order chi connectivity index (χ1) is 12.3. The van der Waals surface area contributed by atoms with Gasteiger partial charge in [-0.1, -0.05) is 23.2 Å². The molecular formula is C17H12Cl2N2O4S. The molecule has 0 aliphatic carbocycles. The van der Waals surface area contributed by atoms with Crippen molar-refractivity contribution < 1.29 is 17.6 Å². The van der Waals surface area contributed by atoms with E-state index >= 15 is 0 Å². The molecule has 3 aromatic rings.